The second-order valence-corrected chi connectivity index (χ2v) is 18.4. The van der Waals surface area contributed by atoms with Gasteiger partial charge in [-0.15, -0.1) is 0 Å². The second kappa shape index (κ2) is 40.0. The highest BCUT2D eigenvalue weighted by atomic mass is 31.2. The Morgan fingerprint density at radius 3 is 1.73 bits per heavy atom. The van der Waals surface area contributed by atoms with Gasteiger partial charge in [0.25, 0.3) is 0 Å². The lowest BCUT2D eigenvalue weighted by Crippen LogP contribution is -2.37. The van der Waals surface area contributed by atoms with Gasteiger partial charge in [0, 0.05) is 12.8 Å². The first kappa shape index (κ1) is 56.9. The second-order valence-electron chi connectivity index (χ2n) is 17.0. The van der Waals surface area contributed by atoms with Gasteiger partial charge >= 0.3 is 19.8 Å². The number of unbranched alkanes of at least 4 members (excludes halogenated alkanes) is 20. The number of nitrogens with zero attached hydrogens (tertiary/aromatic N) is 1. The van der Waals surface area contributed by atoms with Crippen molar-refractivity contribution in [3.63, 3.8) is 0 Å². The number of esters is 2. The van der Waals surface area contributed by atoms with Crippen LogP contribution in [0.4, 0.5) is 0 Å². The van der Waals surface area contributed by atoms with Crippen LogP contribution in [0.3, 0.4) is 0 Å². The Kier molecular flexibility index (Phi) is 38.6. The Labute approximate surface area is 361 Å². The number of phosphoric acid groups is 1. The molecule has 0 aliphatic rings. The molecule has 344 valence electrons. The van der Waals surface area contributed by atoms with Crippen molar-refractivity contribution in [2.75, 3.05) is 47.5 Å². The lowest BCUT2D eigenvalue weighted by atomic mass is 10.0. The number of allylic oxidation sites excluding steroid dienone is 6. The van der Waals surface area contributed by atoms with Crippen LogP contribution in [-0.2, 0) is 32.7 Å². The SMILES string of the molecule is CCCCC/C=C\C/C=C\CC(O)/C=C\C=C\CCCC(=O)OC[C@H](COP(=O)(O)OCC[N+](C)(C)C)OC(=O)CCCCCCCCCCCCCCCCCCC. The van der Waals surface area contributed by atoms with E-state index in [2.05, 4.69) is 32.1 Å². The van der Waals surface area contributed by atoms with Crippen molar-refractivity contribution in [2.45, 2.75) is 199 Å². The van der Waals surface area contributed by atoms with Crippen molar-refractivity contribution in [2.24, 2.45) is 0 Å². The molecule has 0 amide bonds. The van der Waals surface area contributed by atoms with E-state index in [-0.39, 0.29) is 26.1 Å². The van der Waals surface area contributed by atoms with Crippen LogP contribution in [0.25, 0.3) is 0 Å². The molecule has 10 nitrogen and oxygen atoms in total. The number of aliphatic hydroxyl groups excluding tert-OH is 1. The van der Waals surface area contributed by atoms with E-state index in [1.807, 2.05) is 39.4 Å². The zero-order valence-electron chi connectivity index (χ0n) is 38.3. The number of phosphoric ester groups is 1. The zero-order chi connectivity index (χ0) is 43.7. The van der Waals surface area contributed by atoms with Gasteiger partial charge in [-0.1, -0.05) is 178 Å². The molecule has 2 N–H and O–H groups in total. The zero-order valence-corrected chi connectivity index (χ0v) is 39.2. The Morgan fingerprint density at radius 1 is 0.610 bits per heavy atom. The fraction of sp³-hybridized carbons (Fsp3) is 0.792. The molecule has 0 saturated heterocycles. The molecular formula is C48H89NO9P+. The minimum atomic E-state index is -4.41. The van der Waals surface area contributed by atoms with Gasteiger partial charge in [0.1, 0.15) is 19.8 Å². The minimum absolute atomic E-state index is 0.00948. The van der Waals surface area contributed by atoms with Crippen molar-refractivity contribution in [3.8, 4) is 0 Å². The monoisotopic (exact) mass is 855 g/mol. The third-order valence-corrected chi connectivity index (χ3v) is 10.9. The van der Waals surface area contributed by atoms with Crippen LogP contribution in [0.5, 0.6) is 0 Å². The normalized spacial score (nSPS) is 14.5. The summed E-state index contributed by atoms with van der Waals surface area (Å²) in [4.78, 5) is 35.4. The Morgan fingerprint density at radius 2 is 1.14 bits per heavy atom. The average Bonchev–Trinajstić information content (AvgIpc) is 3.18. The van der Waals surface area contributed by atoms with E-state index in [9.17, 15) is 24.2 Å². The summed E-state index contributed by atoms with van der Waals surface area (Å²) in [5.41, 5.74) is 0. The van der Waals surface area contributed by atoms with Crippen molar-refractivity contribution >= 4 is 19.8 Å². The van der Waals surface area contributed by atoms with Crippen LogP contribution >= 0.6 is 7.82 Å². The van der Waals surface area contributed by atoms with E-state index in [1.54, 1.807) is 12.2 Å². The largest absolute Gasteiger partial charge is 0.472 e. The summed E-state index contributed by atoms with van der Waals surface area (Å²) < 4.78 is 34.2. The summed E-state index contributed by atoms with van der Waals surface area (Å²) >= 11 is 0. The summed E-state index contributed by atoms with van der Waals surface area (Å²) in [7, 11) is 1.40. The van der Waals surface area contributed by atoms with Crippen LogP contribution in [0, 0.1) is 0 Å². The van der Waals surface area contributed by atoms with Crippen LogP contribution in [0.2, 0.25) is 0 Å². The summed E-state index contributed by atoms with van der Waals surface area (Å²) in [5.74, 6) is -0.925. The molecule has 3 atom stereocenters. The summed E-state index contributed by atoms with van der Waals surface area (Å²) in [6.45, 7) is 4.24. The van der Waals surface area contributed by atoms with Crippen molar-refractivity contribution in [1.29, 1.82) is 0 Å². The molecule has 0 aromatic carbocycles. The maximum atomic E-state index is 12.7. The molecule has 0 bridgehead atoms. The Bertz CT molecular complexity index is 1160. The molecule has 11 heteroatoms. The molecule has 2 unspecified atom stereocenters. The topological polar surface area (TPSA) is 129 Å². The van der Waals surface area contributed by atoms with E-state index < -0.39 is 38.6 Å². The lowest BCUT2D eigenvalue weighted by Gasteiger charge is -2.24. The van der Waals surface area contributed by atoms with Crippen LogP contribution in [0.15, 0.2) is 48.6 Å². The number of hydrogen-bond acceptors (Lipinski definition) is 8. The molecular weight excluding hydrogens is 765 g/mol. The number of ether oxygens (including phenoxy) is 2. The van der Waals surface area contributed by atoms with Gasteiger partial charge in [-0.3, -0.25) is 18.6 Å². The van der Waals surface area contributed by atoms with Gasteiger partial charge in [-0.25, -0.2) is 4.57 Å². The molecule has 0 aromatic rings. The minimum Gasteiger partial charge on any atom is -0.462 e. The fourth-order valence-corrected chi connectivity index (χ4v) is 6.95. The average molecular weight is 855 g/mol. The standard InChI is InChI=1S/C48H88NO9P/c1-6-8-10-12-14-16-17-18-19-20-21-22-23-25-27-31-36-40-48(52)58-46(44-57-59(53,54)56-42-41-49(3,4)5)43-55-47(51)39-35-32-28-30-34-38-45(50)37-33-29-26-24-15-13-11-9-7-2/h15,24,28-30,33-34,38,45-46,50H,6-14,16-23,25-27,31-32,35-37,39-44H2,1-5H3/p+1/b24-15-,30-28+,33-29-,38-34-/t45?,46-/m1/s1. The first-order valence-electron chi connectivity index (χ1n) is 23.5. The number of hydrogen-bond donors (Lipinski definition) is 2. The van der Waals surface area contributed by atoms with E-state index in [1.165, 1.54) is 103 Å². The number of carbonyl (C=O) groups excluding carboxylic acids is 2. The predicted octanol–water partition coefficient (Wildman–Crippen LogP) is 12.4. The number of carbonyl (C=O) groups is 2. The molecule has 0 spiro atoms. The predicted molar refractivity (Wildman–Crippen MR) is 244 cm³/mol. The molecule has 0 radical (unpaired) electrons. The first-order chi connectivity index (χ1) is 28.4. The summed E-state index contributed by atoms with van der Waals surface area (Å²) in [6.07, 6.45) is 43.3. The third kappa shape index (κ3) is 43.8. The van der Waals surface area contributed by atoms with Crippen LogP contribution in [0.1, 0.15) is 187 Å². The maximum absolute atomic E-state index is 12.7. The van der Waals surface area contributed by atoms with Crippen LogP contribution in [-0.4, -0.2) is 86.1 Å². The molecule has 0 heterocycles. The lowest BCUT2D eigenvalue weighted by molar-refractivity contribution is -0.870. The number of aliphatic hydroxyl groups is 1. The summed E-state index contributed by atoms with van der Waals surface area (Å²) in [5, 5.41) is 10.1. The first-order valence-corrected chi connectivity index (χ1v) is 25.0. The van der Waals surface area contributed by atoms with Gasteiger partial charge in [-0.2, -0.15) is 0 Å². The quantitative estimate of drug-likeness (QED) is 0.0154. The molecule has 0 aromatic heterocycles. The molecule has 59 heavy (non-hydrogen) atoms. The molecule has 0 aliphatic heterocycles. The van der Waals surface area contributed by atoms with E-state index in [0.29, 0.717) is 36.7 Å². The van der Waals surface area contributed by atoms with E-state index >= 15 is 0 Å². The van der Waals surface area contributed by atoms with Gasteiger partial charge in [0.05, 0.1) is 33.9 Å². The van der Waals surface area contributed by atoms with E-state index in [4.69, 9.17) is 18.5 Å². The van der Waals surface area contributed by atoms with Crippen molar-refractivity contribution < 1.29 is 47.2 Å². The highest BCUT2D eigenvalue weighted by Gasteiger charge is 2.27. The van der Waals surface area contributed by atoms with Crippen molar-refractivity contribution in [1.82, 2.24) is 0 Å². The summed E-state index contributed by atoms with van der Waals surface area (Å²) in [6, 6.07) is 0. The highest BCUT2D eigenvalue weighted by Crippen LogP contribution is 2.43. The highest BCUT2D eigenvalue weighted by molar-refractivity contribution is 7.47. The maximum Gasteiger partial charge on any atom is 0.472 e. The Hall–Kier alpha value is -2.07. The van der Waals surface area contributed by atoms with Gasteiger partial charge < -0.3 is 24.0 Å². The molecule has 0 rings (SSSR count). The number of quaternary nitrogens is 1. The van der Waals surface area contributed by atoms with Gasteiger partial charge in [0.2, 0.25) is 0 Å². The smallest absolute Gasteiger partial charge is 0.462 e. The van der Waals surface area contributed by atoms with Crippen LogP contribution < -0.4 is 0 Å². The fourth-order valence-electron chi connectivity index (χ4n) is 6.20. The third-order valence-electron chi connectivity index (χ3n) is 9.94. The number of rotatable bonds is 42. The molecule has 0 aliphatic carbocycles. The van der Waals surface area contributed by atoms with Crippen molar-refractivity contribution in [3.05, 3.63) is 48.6 Å². The van der Waals surface area contributed by atoms with Gasteiger partial charge in [0.15, 0.2) is 6.10 Å². The number of likely N-dealkylation sites (N-methyl/N-ethyl adjacent to an activating group) is 1. The molecule has 0 saturated carbocycles. The Balaban J connectivity index is 4.48. The molecule has 0 fully saturated rings. The van der Waals surface area contributed by atoms with Gasteiger partial charge in [-0.05, 0) is 44.9 Å². The van der Waals surface area contributed by atoms with E-state index in [0.717, 1.165) is 32.1 Å².